The van der Waals surface area contributed by atoms with Crippen molar-refractivity contribution in [3.8, 4) is 5.69 Å². The Morgan fingerprint density at radius 3 is 2.66 bits per heavy atom. The van der Waals surface area contributed by atoms with E-state index in [1.165, 1.54) is 22.3 Å². The molecule has 3 N–H and O–H groups in total. The number of hydrogen-bond acceptors (Lipinski definition) is 6. The van der Waals surface area contributed by atoms with Crippen LogP contribution in [-0.4, -0.2) is 38.3 Å². The molecular weight excluding hydrogens is 394 g/mol. The van der Waals surface area contributed by atoms with Gasteiger partial charge in [0.25, 0.3) is 5.91 Å². The van der Waals surface area contributed by atoms with Crippen LogP contribution >= 0.6 is 11.6 Å². The maximum absolute atomic E-state index is 12.9. The number of para-hydroxylation sites is 1. The van der Waals surface area contributed by atoms with Crippen molar-refractivity contribution >= 4 is 40.5 Å². The van der Waals surface area contributed by atoms with Gasteiger partial charge >= 0.3 is 0 Å². The number of amides is 2. The van der Waals surface area contributed by atoms with E-state index in [9.17, 15) is 9.59 Å². The first-order chi connectivity index (χ1) is 14.0. The number of halogens is 1. The fourth-order valence-electron chi connectivity index (χ4n) is 3.02. The number of nitrogens with two attached hydrogens (primary N) is 1. The lowest BCUT2D eigenvalue weighted by atomic mass is 10.1. The van der Waals surface area contributed by atoms with Crippen LogP contribution in [0, 0.1) is 0 Å². The van der Waals surface area contributed by atoms with Crippen molar-refractivity contribution in [2.45, 2.75) is 12.5 Å². The number of rotatable bonds is 5. The molecule has 0 saturated heterocycles. The van der Waals surface area contributed by atoms with Gasteiger partial charge in [-0.3, -0.25) is 14.6 Å². The lowest BCUT2D eigenvalue weighted by Crippen LogP contribution is -2.39. The van der Waals surface area contributed by atoms with Crippen LogP contribution in [0.4, 0.5) is 11.4 Å². The molecule has 2 aromatic carbocycles. The highest BCUT2D eigenvalue weighted by Gasteiger charge is 2.35. The van der Waals surface area contributed by atoms with E-state index in [0.29, 0.717) is 22.1 Å². The summed E-state index contributed by atoms with van der Waals surface area (Å²) in [5.74, 6) is -1.02. The lowest BCUT2D eigenvalue weighted by Gasteiger charge is -2.20. The highest BCUT2D eigenvalue weighted by atomic mass is 35.5. The number of primary amides is 1. The Morgan fingerprint density at radius 1 is 1.17 bits per heavy atom. The van der Waals surface area contributed by atoms with E-state index < -0.39 is 17.9 Å². The molecule has 0 fully saturated rings. The molecule has 1 aliphatic rings. The van der Waals surface area contributed by atoms with E-state index in [4.69, 9.17) is 17.3 Å². The highest BCUT2D eigenvalue weighted by molar-refractivity contribution is 6.44. The van der Waals surface area contributed by atoms with Crippen LogP contribution < -0.4 is 16.1 Å². The van der Waals surface area contributed by atoms with Gasteiger partial charge in [0.15, 0.2) is 0 Å². The van der Waals surface area contributed by atoms with Gasteiger partial charge in [0, 0.05) is 11.4 Å². The average Bonchev–Trinajstić information content (AvgIpc) is 3.39. The van der Waals surface area contributed by atoms with Gasteiger partial charge in [0.1, 0.15) is 24.4 Å². The number of anilines is 2. The average molecular weight is 410 g/mol. The number of nitrogens with zero attached hydrogens (tertiary/aromatic N) is 5. The summed E-state index contributed by atoms with van der Waals surface area (Å²) < 4.78 is 1.50. The van der Waals surface area contributed by atoms with Crippen LogP contribution in [0.25, 0.3) is 5.69 Å². The zero-order valence-electron chi connectivity index (χ0n) is 15.1. The Hall–Kier alpha value is -3.72. The van der Waals surface area contributed by atoms with E-state index in [-0.39, 0.29) is 12.1 Å². The van der Waals surface area contributed by atoms with Crippen LogP contribution in [0.15, 0.2) is 66.3 Å². The van der Waals surface area contributed by atoms with Crippen molar-refractivity contribution < 1.29 is 9.59 Å². The first-order valence-electron chi connectivity index (χ1n) is 8.70. The minimum absolute atomic E-state index is 0.0925. The van der Waals surface area contributed by atoms with Gasteiger partial charge in [0.05, 0.1) is 17.1 Å². The predicted molar refractivity (Wildman–Crippen MR) is 109 cm³/mol. The molecule has 2 heterocycles. The molecule has 146 valence electrons. The second kappa shape index (κ2) is 7.72. The SMILES string of the molecule is NC(=O)C1CC(C(=O)Nc2cc(Cl)ccc2-n2cncn2)=NN1c1ccccc1. The number of carbonyl (C=O) groups excluding carboxylic acids is 2. The maximum Gasteiger partial charge on any atom is 0.272 e. The van der Waals surface area contributed by atoms with Crippen LogP contribution in [0.5, 0.6) is 0 Å². The number of carbonyl (C=O) groups is 2. The number of hydrogen-bond donors (Lipinski definition) is 2. The van der Waals surface area contributed by atoms with Gasteiger partial charge < -0.3 is 11.1 Å². The number of aromatic nitrogens is 3. The van der Waals surface area contributed by atoms with E-state index in [1.807, 2.05) is 18.2 Å². The first kappa shape index (κ1) is 18.6. The molecular formula is C19H16ClN7O2. The molecule has 10 heteroatoms. The predicted octanol–water partition coefficient (Wildman–Crippen LogP) is 1.98. The molecule has 1 aliphatic heterocycles. The quantitative estimate of drug-likeness (QED) is 0.667. The molecule has 0 aliphatic carbocycles. The lowest BCUT2D eigenvalue weighted by molar-refractivity contribution is -0.119. The Bertz CT molecular complexity index is 1080. The minimum Gasteiger partial charge on any atom is -0.368 e. The summed E-state index contributed by atoms with van der Waals surface area (Å²) in [5.41, 5.74) is 7.40. The third-order valence-corrected chi connectivity index (χ3v) is 4.63. The van der Waals surface area contributed by atoms with Gasteiger partial charge in [-0.2, -0.15) is 10.2 Å². The molecule has 0 saturated carbocycles. The molecule has 2 amide bonds. The second-order valence-corrected chi connectivity index (χ2v) is 6.74. The van der Waals surface area contributed by atoms with Gasteiger partial charge in [-0.1, -0.05) is 29.8 Å². The van der Waals surface area contributed by atoms with Crippen molar-refractivity contribution in [2.24, 2.45) is 10.8 Å². The van der Waals surface area contributed by atoms with Crippen LogP contribution in [0.1, 0.15) is 6.42 Å². The van der Waals surface area contributed by atoms with E-state index in [2.05, 4.69) is 20.5 Å². The molecule has 29 heavy (non-hydrogen) atoms. The summed E-state index contributed by atoms with van der Waals surface area (Å²) in [6.45, 7) is 0. The normalized spacial score (nSPS) is 15.8. The first-order valence-corrected chi connectivity index (χ1v) is 9.07. The second-order valence-electron chi connectivity index (χ2n) is 6.30. The molecule has 0 radical (unpaired) electrons. The zero-order valence-corrected chi connectivity index (χ0v) is 15.8. The van der Waals surface area contributed by atoms with E-state index in [0.717, 1.165) is 0 Å². The summed E-state index contributed by atoms with van der Waals surface area (Å²) in [6, 6.07) is 13.3. The Labute approximate surface area is 170 Å². The fourth-order valence-corrected chi connectivity index (χ4v) is 3.20. The smallest absolute Gasteiger partial charge is 0.272 e. The van der Waals surface area contributed by atoms with E-state index >= 15 is 0 Å². The number of benzene rings is 2. The summed E-state index contributed by atoms with van der Waals surface area (Å²) in [7, 11) is 0. The summed E-state index contributed by atoms with van der Waals surface area (Å²) >= 11 is 6.09. The fraction of sp³-hybridized carbons (Fsp3) is 0.105. The monoisotopic (exact) mass is 409 g/mol. The standard InChI is InChI=1S/C19H16ClN7O2/c20-12-6-7-16(26-11-22-10-23-26)14(8-12)24-19(29)15-9-17(18(21)28)27(25-15)13-4-2-1-3-5-13/h1-8,10-11,17H,9H2,(H2,21,28)(H,24,29). The topological polar surface area (TPSA) is 118 Å². The van der Waals surface area contributed by atoms with Crippen molar-refractivity contribution in [2.75, 3.05) is 10.3 Å². The van der Waals surface area contributed by atoms with Crippen LogP contribution in [0.3, 0.4) is 0 Å². The molecule has 1 atom stereocenters. The third kappa shape index (κ3) is 3.81. The van der Waals surface area contributed by atoms with Crippen molar-refractivity contribution in [1.82, 2.24) is 14.8 Å². The summed E-state index contributed by atoms with van der Waals surface area (Å²) in [5, 5.41) is 13.1. The van der Waals surface area contributed by atoms with Gasteiger partial charge in [-0.25, -0.2) is 9.67 Å². The molecule has 3 aromatic rings. The molecule has 9 nitrogen and oxygen atoms in total. The Kier molecular flexibility index (Phi) is 4.96. The number of nitrogens with one attached hydrogen (secondary N) is 1. The molecule has 1 aromatic heterocycles. The van der Waals surface area contributed by atoms with Gasteiger partial charge in [0.2, 0.25) is 5.91 Å². The van der Waals surface area contributed by atoms with Crippen LogP contribution in [0.2, 0.25) is 5.02 Å². The Balaban J connectivity index is 1.62. The largest absolute Gasteiger partial charge is 0.368 e. The summed E-state index contributed by atoms with van der Waals surface area (Å²) in [4.78, 5) is 28.7. The summed E-state index contributed by atoms with van der Waals surface area (Å²) in [6.07, 6.45) is 2.98. The van der Waals surface area contributed by atoms with Gasteiger partial charge in [-0.15, -0.1) is 0 Å². The Morgan fingerprint density at radius 2 is 1.97 bits per heavy atom. The maximum atomic E-state index is 12.9. The molecule has 0 bridgehead atoms. The van der Waals surface area contributed by atoms with Gasteiger partial charge in [-0.05, 0) is 30.3 Å². The minimum atomic E-state index is -0.743. The third-order valence-electron chi connectivity index (χ3n) is 4.39. The highest BCUT2D eigenvalue weighted by Crippen LogP contribution is 2.27. The van der Waals surface area contributed by atoms with E-state index in [1.54, 1.807) is 30.3 Å². The molecule has 0 spiro atoms. The van der Waals surface area contributed by atoms with Crippen molar-refractivity contribution in [3.05, 3.63) is 66.2 Å². The van der Waals surface area contributed by atoms with Crippen molar-refractivity contribution in [1.29, 1.82) is 0 Å². The van der Waals surface area contributed by atoms with Crippen LogP contribution in [-0.2, 0) is 9.59 Å². The zero-order chi connectivity index (χ0) is 20.4. The number of hydrazone groups is 1. The molecule has 4 rings (SSSR count). The molecule has 1 unspecified atom stereocenters. The van der Waals surface area contributed by atoms with Crippen molar-refractivity contribution in [3.63, 3.8) is 0 Å².